The molecule has 0 bridgehead atoms. The summed E-state index contributed by atoms with van der Waals surface area (Å²) >= 11 is 0. The number of para-hydroxylation sites is 5. The van der Waals surface area contributed by atoms with Crippen molar-refractivity contribution in [3.63, 3.8) is 0 Å². The molecular weight excluding hydrogens is 757 g/mol. The Hall–Kier alpha value is -8.34. The van der Waals surface area contributed by atoms with E-state index in [4.69, 9.17) is 8.83 Å². The van der Waals surface area contributed by atoms with Gasteiger partial charge in [-0.3, -0.25) is 0 Å². The summed E-state index contributed by atoms with van der Waals surface area (Å²) in [5.74, 6) is 0. The average molecular weight is 793 g/mol. The van der Waals surface area contributed by atoms with E-state index in [0.29, 0.717) is 0 Å². The van der Waals surface area contributed by atoms with Gasteiger partial charge in [-0.15, -0.1) is 0 Å². The number of benzene rings is 10. The van der Waals surface area contributed by atoms with Crippen molar-refractivity contribution in [1.82, 2.24) is 4.57 Å². The first-order valence-electron chi connectivity index (χ1n) is 21.1. The molecule has 0 saturated heterocycles. The zero-order valence-corrected chi connectivity index (χ0v) is 33.5. The Morgan fingerprint density at radius 1 is 0.323 bits per heavy atom. The lowest BCUT2D eigenvalue weighted by molar-refractivity contribution is 0.669. The lowest BCUT2D eigenvalue weighted by atomic mass is 9.99. The zero-order valence-electron chi connectivity index (χ0n) is 33.5. The van der Waals surface area contributed by atoms with Gasteiger partial charge in [0, 0.05) is 66.2 Å². The smallest absolute Gasteiger partial charge is 0.143 e. The fourth-order valence-corrected chi connectivity index (χ4v) is 9.67. The quantitative estimate of drug-likeness (QED) is 0.168. The molecule has 0 amide bonds. The summed E-state index contributed by atoms with van der Waals surface area (Å²) in [5.41, 5.74) is 14.4. The first-order valence-corrected chi connectivity index (χ1v) is 21.1. The average Bonchev–Trinajstić information content (AvgIpc) is 4.02. The molecule has 4 nitrogen and oxygen atoms in total. The van der Waals surface area contributed by atoms with Gasteiger partial charge >= 0.3 is 0 Å². The molecule has 0 atom stereocenters. The molecule has 0 radical (unpaired) electrons. The monoisotopic (exact) mass is 792 g/mol. The number of rotatable bonds is 6. The summed E-state index contributed by atoms with van der Waals surface area (Å²) in [7, 11) is 0. The van der Waals surface area contributed by atoms with E-state index < -0.39 is 0 Å². The number of fused-ring (bicyclic) bond motifs is 10. The van der Waals surface area contributed by atoms with Crippen LogP contribution in [0.15, 0.2) is 227 Å². The number of furan rings is 2. The van der Waals surface area contributed by atoms with E-state index in [1.165, 1.54) is 32.6 Å². The summed E-state index contributed by atoms with van der Waals surface area (Å²) in [5, 5.41) is 9.27. The van der Waals surface area contributed by atoms with Gasteiger partial charge in [0.1, 0.15) is 22.3 Å². The molecule has 290 valence electrons. The van der Waals surface area contributed by atoms with Gasteiger partial charge in [-0.2, -0.15) is 0 Å². The van der Waals surface area contributed by atoms with E-state index >= 15 is 0 Å². The van der Waals surface area contributed by atoms with Gasteiger partial charge in [-0.05, 0) is 94.7 Å². The topological polar surface area (TPSA) is 34.5 Å². The summed E-state index contributed by atoms with van der Waals surface area (Å²) in [6.45, 7) is 0. The van der Waals surface area contributed by atoms with Gasteiger partial charge in [0.05, 0.1) is 11.0 Å². The van der Waals surface area contributed by atoms with Gasteiger partial charge < -0.3 is 18.3 Å². The van der Waals surface area contributed by atoms with Crippen LogP contribution in [0.4, 0.5) is 17.1 Å². The second-order valence-corrected chi connectivity index (χ2v) is 16.1. The molecule has 0 saturated carbocycles. The largest absolute Gasteiger partial charge is 0.455 e. The maximum Gasteiger partial charge on any atom is 0.143 e. The summed E-state index contributed by atoms with van der Waals surface area (Å²) in [4.78, 5) is 2.37. The van der Waals surface area contributed by atoms with E-state index in [1.807, 2.05) is 18.2 Å². The number of hydrogen-bond acceptors (Lipinski definition) is 3. The molecule has 0 aliphatic rings. The predicted molar refractivity (Wildman–Crippen MR) is 258 cm³/mol. The van der Waals surface area contributed by atoms with Crippen molar-refractivity contribution in [2.24, 2.45) is 0 Å². The van der Waals surface area contributed by atoms with Crippen LogP contribution >= 0.6 is 0 Å². The third-order valence-electron chi connectivity index (χ3n) is 12.6. The number of anilines is 3. The maximum absolute atomic E-state index is 6.75. The van der Waals surface area contributed by atoms with Crippen LogP contribution in [0, 0.1) is 0 Å². The lowest BCUT2D eigenvalue weighted by Gasteiger charge is -2.27. The molecule has 3 heterocycles. The molecule has 0 fully saturated rings. The lowest BCUT2D eigenvalue weighted by Crippen LogP contribution is -2.10. The molecule has 0 N–H and O–H groups in total. The first kappa shape index (κ1) is 34.5. The molecule has 13 aromatic rings. The van der Waals surface area contributed by atoms with Crippen molar-refractivity contribution in [2.45, 2.75) is 0 Å². The van der Waals surface area contributed by atoms with Crippen LogP contribution in [0.5, 0.6) is 0 Å². The van der Waals surface area contributed by atoms with Crippen LogP contribution < -0.4 is 4.90 Å². The van der Waals surface area contributed by atoms with E-state index in [-0.39, 0.29) is 0 Å². The SMILES string of the molecule is c1ccc2cc(N(c3ccc(-c4cccc5c4oc4ccccc45)cc3)c3cc(-c4ccc(-n5c6ccccc6c6ccccc65)cc4)c4oc5ccccc5c4c3)ccc2c1. The molecule has 62 heavy (non-hydrogen) atoms. The minimum Gasteiger partial charge on any atom is -0.455 e. The van der Waals surface area contributed by atoms with Crippen molar-refractivity contribution < 1.29 is 8.83 Å². The van der Waals surface area contributed by atoms with Crippen LogP contribution in [0.1, 0.15) is 0 Å². The minimum atomic E-state index is 0.865. The Morgan fingerprint density at radius 3 is 1.56 bits per heavy atom. The Kier molecular flexibility index (Phi) is 7.57. The zero-order chi connectivity index (χ0) is 40.7. The first-order chi connectivity index (χ1) is 30.7. The van der Waals surface area contributed by atoms with Crippen molar-refractivity contribution in [1.29, 1.82) is 0 Å². The van der Waals surface area contributed by atoms with Crippen LogP contribution in [0.25, 0.3) is 104 Å². The third kappa shape index (κ3) is 5.33. The van der Waals surface area contributed by atoms with Gasteiger partial charge in [0.2, 0.25) is 0 Å². The molecule has 4 heteroatoms. The Morgan fingerprint density at radius 2 is 0.855 bits per heavy atom. The van der Waals surface area contributed by atoms with Gasteiger partial charge in [-0.1, -0.05) is 146 Å². The van der Waals surface area contributed by atoms with Crippen LogP contribution in [0.2, 0.25) is 0 Å². The summed E-state index contributed by atoms with van der Waals surface area (Å²) in [6, 6.07) is 78.0. The summed E-state index contributed by atoms with van der Waals surface area (Å²) in [6.07, 6.45) is 0. The van der Waals surface area contributed by atoms with E-state index in [9.17, 15) is 0 Å². The van der Waals surface area contributed by atoms with Gasteiger partial charge in [0.25, 0.3) is 0 Å². The maximum atomic E-state index is 6.75. The van der Waals surface area contributed by atoms with Crippen molar-refractivity contribution >= 4 is 93.5 Å². The molecule has 3 aromatic heterocycles. The van der Waals surface area contributed by atoms with Crippen LogP contribution in [0.3, 0.4) is 0 Å². The van der Waals surface area contributed by atoms with Crippen molar-refractivity contribution in [3.8, 4) is 27.9 Å². The number of hydrogen-bond donors (Lipinski definition) is 0. The molecule has 0 unspecified atom stereocenters. The molecule has 10 aromatic carbocycles. The second kappa shape index (κ2) is 13.6. The highest BCUT2D eigenvalue weighted by Crippen LogP contribution is 2.45. The highest BCUT2D eigenvalue weighted by Gasteiger charge is 2.21. The van der Waals surface area contributed by atoms with Crippen LogP contribution in [-0.4, -0.2) is 4.57 Å². The fourth-order valence-electron chi connectivity index (χ4n) is 9.67. The molecular formula is C58H36N2O2. The standard InChI is InChI=1S/C58H36N2O2/c1-2-13-40-34-43(33-24-37(40)12-1)59(41-29-25-38(26-30-41)45-18-11-19-50-48-16-5-9-22-55(48)61-57(45)50)44-35-51(58-52(36-44)49-17-6-10-23-56(49)62-58)39-27-31-42(32-28-39)60-53-20-7-3-14-46(53)47-15-4-8-21-54(47)60/h1-36H. The van der Waals surface area contributed by atoms with E-state index in [0.717, 1.165) is 88.9 Å². The second-order valence-electron chi connectivity index (χ2n) is 16.1. The Bertz CT molecular complexity index is 3810. The predicted octanol–water partition coefficient (Wildman–Crippen LogP) is 16.5. The Labute approximate surface area is 356 Å². The molecule has 0 aliphatic heterocycles. The molecule has 13 rings (SSSR count). The van der Waals surface area contributed by atoms with Gasteiger partial charge in [0.15, 0.2) is 0 Å². The number of aromatic nitrogens is 1. The molecule has 0 spiro atoms. The fraction of sp³-hybridized carbons (Fsp3) is 0. The molecule has 0 aliphatic carbocycles. The highest BCUT2D eigenvalue weighted by molar-refractivity contribution is 6.13. The highest BCUT2D eigenvalue weighted by atomic mass is 16.3. The van der Waals surface area contributed by atoms with E-state index in [1.54, 1.807) is 0 Å². The van der Waals surface area contributed by atoms with Crippen LogP contribution in [-0.2, 0) is 0 Å². The van der Waals surface area contributed by atoms with Gasteiger partial charge in [-0.25, -0.2) is 0 Å². The minimum absolute atomic E-state index is 0.865. The number of nitrogens with zero attached hydrogens (tertiary/aromatic N) is 2. The third-order valence-corrected chi connectivity index (χ3v) is 12.6. The van der Waals surface area contributed by atoms with Crippen molar-refractivity contribution in [2.75, 3.05) is 4.90 Å². The van der Waals surface area contributed by atoms with E-state index in [2.05, 4.69) is 210 Å². The summed E-state index contributed by atoms with van der Waals surface area (Å²) < 4.78 is 15.6. The Balaban J connectivity index is 0.993. The van der Waals surface area contributed by atoms with Crippen molar-refractivity contribution in [3.05, 3.63) is 218 Å². The normalized spacial score (nSPS) is 11.9.